The molecule has 292 valence electrons. The molecule has 0 aromatic rings. The summed E-state index contributed by atoms with van der Waals surface area (Å²) in [5.74, 6) is 8.23. The predicted molar refractivity (Wildman–Crippen MR) is 182 cm³/mol. The van der Waals surface area contributed by atoms with E-state index in [1.54, 1.807) is 0 Å². The van der Waals surface area contributed by atoms with Gasteiger partial charge in [0.1, 0.15) is 0 Å². The van der Waals surface area contributed by atoms with Crippen LogP contribution >= 0.6 is 0 Å². The summed E-state index contributed by atoms with van der Waals surface area (Å²) in [5.41, 5.74) is 0. The number of hydrogen-bond acceptors (Lipinski definition) is 14. The molecule has 0 bridgehead atoms. The molecule has 0 saturated heterocycles. The quantitative estimate of drug-likeness (QED) is 0.0699. The maximum atomic E-state index is 11.9. The zero-order chi connectivity index (χ0) is 35.4. The molecular weight excluding hydrogens is 658 g/mol. The molecular formula is C35H63NO14. The Morgan fingerprint density at radius 1 is 0.480 bits per heavy atom. The van der Waals surface area contributed by atoms with Gasteiger partial charge in [0.25, 0.3) is 0 Å². The van der Waals surface area contributed by atoms with Crippen molar-refractivity contribution in [2.45, 2.75) is 25.7 Å². The van der Waals surface area contributed by atoms with Crippen molar-refractivity contribution in [1.29, 1.82) is 0 Å². The maximum Gasteiger partial charge on any atom is 0.407 e. The van der Waals surface area contributed by atoms with Crippen LogP contribution in [-0.2, 0) is 56.8 Å². The second-order valence-corrected chi connectivity index (χ2v) is 11.4. The first kappa shape index (κ1) is 44.5. The van der Waals surface area contributed by atoms with Gasteiger partial charge in [-0.1, -0.05) is 0 Å². The van der Waals surface area contributed by atoms with Crippen LogP contribution in [0.2, 0.25) is 0 Å². The molecule has 1 unspecified atom stereocenters. The number of amides is 1. The number of carbonyl (C=O) groups excluding carboxylic acids is 1. The largest absolute Gasteiger partial charge is 0.449 e. The van der Waals surface area contributed by atoms with E-state index >= 15 is 0 Å². The average Bonchev–Trinajstić information content (AvgIpc) is 3.77. The van der Waals surface area contributed by atoms with Crippen LogP contribution in [0.5, 0.6) is 0 Å². The third-order valence-electron chi connectivity index (χ3n) is 7.72. The summed E-state index contributed by atoms with van der Waals surface area (Å²) in [5, 5.41) is 11.3. The molecule has 1 fully saturated rings. The molecule has 15 nitrogen and oxygen atoms in total. The van der Waals surface area contributed by atoms with E-state index in [-0.39, 0.29) is 12.7 Å². The predicted octanol–water partition coefficient (Wildman–Crippen LogP) is 1.33. The standard InChI is InChI=1S/C35H63NO14/c37-8-10-40-12-14-42-16-18-44-20-22-46-24-26-48-28-30-49-29-27-47-25-23-45-21-19-43-17-15-41-13-11-39-9-7-36-35(38)50-31-34-32-5-3-1-2-4-6-33(32)34/h32-34,37H,3-31H2,(H,36,38)/t32-,33+,34?. The van der Waals surface area contributed by atoms with Crippen molar-refractivity contribution in [2.24, 2.45) is 17.8 Å². The van der Waals surface area contributed by atoms with E-state index in [9.17, 15) is 4.79 Å². The van der Waals surface area contributed by atoms with E-state index in [1.165, 1.54) is 0 Å². The normalized spacial score (nSPS) is 18.1. The van der Waals surface area contributed by atoms with Gasteiger partial charge in [-0.05, 0) is 30.6 Å². The minimum Gasteiger partial charge on any atom is -0.449 e. The van der Waals surface area contributed by atoms with Crippen molar-refractivity contribution < 1.29 is 66.7 Å². The molecule has 0 aromatic carbocycles. The SMILES string of the molecule is O=C(NCCOCCOCCOCCOCCOCCOCCOCCOCCOCCOCCOCCO)OCC1[C@H]2CCC#CCC[C@@H]12. The number of fused-ring (bicyclic) bond motifs is 1. The Morgan fingerprint density at radius 2 is 0.780 bits per heavy atom. The highest BCUT2D eigenvalue weighted by Gasteiger charge is 2.49. The average molecular weight is 722 g/mol. The molecule has 0 radical (unpaired) electrons. The number of carbonyl (C=O) groups is 1. The summed E-state index contributed by atoms with van der Waals surface area (Å²) in [6, 6.07) is 0. The van der Waals surface area contributed by atoms with Crippen molar-refractivity contribution in [3.8, 4) is 11.8 Å². The second kappa shape index (κ2) is 34.4. The first-order valence-electron chi connectivity index (χ1n) is 18.1. The molecule has 2 N–H and O–H groups in total. The Hall–Kier alpha value is -1.65. The van der Waals surface area contributed by atoms with Crippen LogP contribution in [-0.4, -0.2) is 176 Å². The topological polar surface area (TPSA) is 160 Å². The van der Waals surface area contributed by atoms with Gasteiger partial charge in [0.2, 0.25) is 0 Å². The summed E-state index contributed by atoms with van der Waals surface area (Å²) in [6.07, 6.45) is 3.79. The van der Waals surface area contributed by atoms with E-state index in [4.69, 9.17) is 61.9 Å². The summed E-state index contributed by atoms with van der Waals surface area (Å²) >= 11 is 0. The highest BCUT2D eigenvalue weighted by molar-refractivity contribution is 5.67. The maximum absolute atomic E-state index is 11.9. The molecule has 0 heterocycles. The molecule has 2 rings (SSSR count). The molecule has 1 saturated carbocycles. The highest BCUT2D eigenvalue weighted by Crippen LogP contribution is 2.52. The Morgan fingerprint density at radius 3 is 1.10 bits per heavy atom. The summed E-state index contributed by atoms with van der Waals surface area (Å²) in [7, 11) is 0. The van der Waals surface area contributed by atoms with Gasteiger partial charge in [-0.25, -0.2) is 4.79 Å². The van der Waals surface area contributed by atoms with Gasteiger partial charge >= 0.3 is 6.09 Å². The molecule has 0 spiro atoms. The number of nitrogens with one attached hydrogen (secondary N) is 1. The van der Waals surface area contributed by atoms with Crippen LogP contribution < -0.4 is 5.32 Å². The van der Waals surface area contributed by atoms with Gasteiger partial charge in [-0.3, -0.25) is 0 Å². The van der Waals surface area contributed by atoms with Crippen LogP contribution in [0, 0.1) is 29.6 Å². The first-order chi connectivity index (χ1) is 24.8. The number of ether oxygens (including phenoxy) is 12. The Labute approximate surface area is 298 Å². The van der Waals surface area contributed by atoms with Crippen molar-refractivity contribution >= 4 is 6.09 Å². The van der Waals surface area contributed by atoms with Crippen molar-refractivity contribution in [3.63, 3.8) is 0 Å². The van der Waals surface area contributed by atoms with Crippen molar-refractivity contribution in [1.82, 2.24) is 5.32 Å². The summed E-state index contributed by atoms with van der Waals surface area (Å²) in [6.45, 7) is 11.4. The van der Waals surface area contributed by atoms with E-state index in [1.807, 2.05) is 0 Å². The van der Waals surface area contributed by atoms with E-state index in [0.717, 1.165) is 25.7 Å². The fourth-order valence-corrected chi connectivity index (χ4v) is 5.10. The van der Waals surface area contributed by atoms with Crippen LogP contribution in [0.4, 0.5) is 4.79 Å². The lowest BCUT2D eigenvalue weighted by molar-refractivity contribution is -0.0277. The van der Waals surface area contributed by atoms with Crippen molar-refractivity contribution in [3.05, 3.63) is 0 Å². The lowest BCUT2D eigenvalue weighted by atomic mass is 10.1. The fraction of sp³-hybridized carbons (Fsp3) is 0.914. The Bertz CT molecular complexity index is 811. The van der Waals surface area contributed by atoms with Gasteiger partial charge in [0.05, 0.1) is 159 Å². The molecule has 0 aromatic heterocycles. The number of rotatable bonds is 37. The lowest BCUT2D eigenvalue weighted by Crippen LogP contribution is -2.29. The molecule has 15 heteroatoms. The third kappa shape index (κ3) is 27.1. The molecule has 50 heavy (non-hydrogen) atoms. The third-order valence-corrected chi connectivity index (χ3v) is 7.72. The number of aliphatic hydroxyl groups excluding tert-OH is 1. The van der Waals surface area contributed by atoms with Crippen LogP contribution in [0.25, 0.3) is 0 Å². The fourth-order valence-electron chi connectivity index (χ4n) is 5.10. The van der Waals surface area contributed by atoms with Gasteiger partial charge in [-0.15, -0.1) is 11.8 Å². The molecule has 2 aliphatic rings. The van der Waals surface area contributed by atoms with E-state index in [0.29, 0.717) is 176 Å². The zero-order valence-electron chi connectivity index (χ0n) is 30.0. The monoisotopic (exact) mass is 721 g/mol. The highest BCUT2D eigenvalue weighted by atomic mass is 16.6. The summed E-state index contributed by atoms with van der Waals surface area (Å²) in [4.78, 5) is 11.9. The number of alkyl carbamates (subject to hydrolysis) is 1. The first-order valence-corrected chi connectivity index (χ1v) is 18.1. The molecule has 0 aliphatic heterocycles. The molecule has 2 aliphatic carbocycles. The van der Waals surface area contributed by atoms with Gasteiger partial charge in [-0.2, -0.15) is 0 Å². The zero-order valence-corrected chi connectivity index (χ0v) is 30.0. The Kier molecular flexibility index (Phi) is 30.7. The number of hydrogen-bond donors (Lipinski definition) is 2. The molecule has 1 amide bonds. The van der Waals surface area contributed by atoms with Crippen LogP contribution in [0.3, 0.4) is 0 Å². The van der Waals surface area contributed by atoms with Gasteiger partial charge < -0.3 is 67.3 Å². The second-order valence-electron chi connectivity index (χ2n) is 11.4. The van der Waals surface area contributed by atoms with Gasteiger partial charge in [0.15, 0.2) is 0 Å². The minimum absolute atomic E-state index is 0.0220. The van der Waals surface area contributed by atoms with E-state index < -0.39 is 0 Å². The summed E-state index contributed by atoms with van der Waals surface area (Å²) < 4.78 is 65.0. The molecule has 3 atom stereocenters. The smallest absolute Gasteiger partial charge is 0.407 e. The lowest BCUT2D eigenvalue weighted by Gasteiger charge is -2.09. The van der Waals surface area contributed by atoms with Crippen LogP contribution in [0.1, 0.15) is 25.7 Å². The number of aliphatic hydroxyl groups is 1. The minimum atomic E-state index is -0.382. The van der Waals surface area contributed by atoms with Crippen molar-refractivity contribution in [2.75, 3.05) is 165 Å². The van der Waals surface area contributed by atoms with Crippen LogP contribution in [0.15, 0.2) is 0 Å². The van der Waals surface area contributed by atoms with E-state index in [2.05, 4.69) is 17.2 Å². The Balaban J connectivity index is 1.15. The van der Waals surface area contributed by atoms with Gasteiger partial charge in [0, 0.05) is 19.4 Å².